The minimum absolute atomic E-state index is 0.325. The van der Waals surface area contributed by atoms with Crippen LogP contribution in [0, 0.1) is 5.92 Å². The van der Waals surface area contributed by atoms with E-state index in [1.807, 2.05) is 0 Å². The van der Waals surface area contributed by atoms with Crippen molar-refractivity contribution in [3.8, 4) is 0 Å². The highest BCUT2D eigenvalue weighted by Gasteiger charge is 2.34. The van der Waals surface area contributed by atoms with Crippen LogP contribution in [0.2, 0.25) is 0 Å². The molecule has 0 bridgehead atoms. The Balaban J connectivity index is 2.50. The zero-order valence-electron chi connectivity index (χ0n) is 6.03. The van der Waals surface area contributed by atoms with Gasteiger partial charge >= 0.3 is 5.97 Å². The third-order valence-electron chi connectivity index (χ3n) is 2.00. The summed E-state index contributed by atoms with van der Waals surface area (Å²) in [5.74, 6) is -1.35. The Labute approximate surface area is 64.2 Å². The van der Waals surface area contributed by atoms with Crippen LogP contribution in [0.3, 0.4) is 0 Å². The number of carbonyl (C=O) groups excluding carboxylic acids is 1. The topological polar surface area (TPSA) is 63.6 Å². The van der Waals surface area contributed by atoms with Gasteiger partial charge in [0.05, 0.1) is 5.92 Å². The predicted molar refractivity (Wildman–Crippen MR) is 35.9 cm³/mol. The molecule has 0 saturated heterocycles. The Bertz CT molecular complexity index is 166. The molecule has 62 valence electrons. The molecule has 1 saturated carbocycles. The van der Waals surface area contributed by atoms with E-state index >= 15 is 0 Å². The van der Waals surface area contributed by atoms with Gasteiger partial charge in [0, 0.05) is 0 Å². The fourth-order valence-electron chi connectivity index (χ4n) is 1.44. The average Bonchev–Trinajstić information content (AvgIpc) is 2.36. The van der Waals surface area contributed by atoms with E-state index in [2.05, 4.69) is 4.74 Å². The van der Waals surface area contributed by atoms with E-state index in [0.29, 0.717) is 19.3 Å². The number of aliphatic carboxylic acids is 1. The Hall–Kier alpha value is -1.06. The first-order valence-corrected chi connectivity index (χ1v) is 3.57. The molecular weight excluding hydrogens is 148 g/mol. The zero-order chi connectivity index (χ0) is 8.27. The van der Waals surface area contributed by atoms with E-state index in [1.54, 1.807) is 0 Å². The SMILES string of the molecule is O=COC1CCCC1C(=O)O. The Morgan fingerprint density at radius 3 is 2.82 bits per heavy atom. The lowest BCUT2D eigenvalue weighted by atomic mass is 10.1. The van der Waals surface area contributed by atoms with Crippen LogP contribution >= 0.6 is 0 Å². The predicted octanol–water partition coefficient (Wildman–Crippen LogP) is 0.413. The van der Waals surface area contributed by atoms with Gasteiger partial charge in [0.15, 0.2) is 0 Å². The Morgan fingerprint density at radius 1 is 1.55 bits per heavy atom. The zero-order valence-corrected chi connectivity index (χ0v) is 6.03. The second-order valence-electron chi connectivity index (χ2n) is 2.65. The van der Waals surface area contributed by atoms with Crippen LogP contribution in [-0.4, -0.2) is 23.7 Å². The van der Waals surface area contributed by atoms with Crippen molar-refractivity contribution in [2.75, 3.05) is 0 Å². The minimum Gasteiger partial charge on any atom is -0.481 e. The van der Waals surface area contributed by atoms with Gasteiger partial charge in [-0.1, -0.05) is 0 Å². The van der Waals surface area contributed by atoms with Crippen molar-refractivity contribution in [3.05, 3.63) is 0 Å². The minimum atomic E-state index is -0.866. The molecule has 0 heterocycles. The third kappa shape index (κ3) is 1.69. The van der Waals surface area contributed by atoms with E-state index in [9.17, 15) is 9.59 Å². The summed E-state index contributed by atoms with van der Waals surface area (Å²) in [7, 11) is 0. The Kier molecular flexibility index (Phi) is 2.46. The highest BCUT2D eigenvalue weighted by atomic mass is 16.5. The van der Waals surface area contributed by atoms with Gasteiger partial charge in [0.25, 0.3) is 6.47 Å². The second kappa shape index (κ2) is 3.37. The molecule has 0 aliphatic heterocycles. The monoisotopic (exact) mass is 158 g/mol. The van der Waals surface area contributed by atoms with Crippen molar-refractivity contribution < 1.29 is 19.4 Å². The second-order valence-corrected chi connectivity index (χ2v) is 2.65. The summed E-state index contributed by atoms with van der Waals surface area (Å²) in [5, 5.41) is 8.61. The molecule has 0 aromatic heterocycles. The molecular formula is C7H10O4. The van der Waals surface area contributed by atoms with E-state index in [1.165, 1.54) is 0 Å². The van der Waals surface area contributed by atoms with E-state index in [-0.39, 0.29) is 0 Å². The van der Waals surface area contributed by atoms with Crippen molar-refractivity contribution in [2.45, 2.75) is 25.4 Å². The number of hydrogen-bond acceptors (Lipinski definition) is 3. The third-order valence-corrected chi connectivity index (χ3v) is 2.00. The van der Waals surface area contributed by atoms with Crippen LogP contribution in [0.4, 0.5) is 0 Å². The molecule has 0 aromatic rings. The molecule has 1 aliphatic carbocycles. The number of carboxylic acid groups (broad SMARTS) is 1. The molecule has 4 nitrogen and oxygen atoms in total. The molecule has 0 aromatic carbocycles. The summed E-state index contributed by atoms with van der Waals surface area (Å²) in [6.45, 7) is 0.325. The number of carbonyl (C=O) groups is 2. The molecule has 2 atom stereocenters. The lowest BCUT2D eigenvalue weighted by molar-refractivity contribution is -0.149. The van der Waals surface area contributed by atoms with Crippen LogP contribution in [0.25, 0.3) is 0 Å². The fraction of sp³-hybridized carbons (Fsp3) is 0.714. The summed E-state index contributed by atoms with van der Waals surface area (Å²) < 4.78 is 4.62. The molecule has 11 heavy (non-hydrogen) atoms. The van der Waals surface area contributed by atoms with Gasteiger partial charge < -0.3 is 9.84 Å². The first-order valence-electron chi connectivity index (χ1n) is 3.57. The maximum atomic E-state index is 10.5. The summed E-state index contributed by atoms with van der Waals surface area (Å²) >= 11 is 0. The molecule has 1 aliphatic rings. The largest absolute Gasteiger partial charge is 0.481 e. The van der Waals surface area contributed by atoms with Crippen LogP contribution < -0.4 is 0 Å². The molecule has 0 amide bonds. The number of rotatable bonds is 3. The molecule has 1 fully saturated rings. The van der Waals surface area contributed by atoms with Crippen LogP contribution in [0.1, 0.15) is 19.3 Å². The van der Waals surface area contributed by atoms with Crippen LogP contribution in [0.15, 0.2) is 0 Å². The molecule has 1 rings (SSSR count). The van der Waals surface area contributed by atoms with Gasteiger partial charge in [-0.05, 0) is 19.3 Å². The van der Waals surface area contributed by atoms with E-state index in [0.717, 1.165) is 6.42 Å². The normalized spacial score (nSPS) is 29.8. The van der Waals surface area contributed by atoms with Crippen molar-refractivity contribution >= 4 is 12.4 Å². The van der Waals surface area contributed by atoms with Crippen LogP contribution in [0.5, 0.6) is 0 Å². The van der Waals surface area contributed by atoms with E-state index < -0.39 is 18.0 Å². The van der Waals surface area contributed by atoms with Gasteiger partial charge in [0.1, 0.15) is 6.10 Å². The van der Waals surface area contributed by atoms with Gasteiger partial charge in [-0.2, -0.15) is 0 Å². The van der Waals surface area contributed by atoms with Gasteiger partial charge in [-0.25, -0.2) is 0 Å². The Morgan fingerprint density at radius 2 is 2.27 bits per heavy atom. The summed E-state index contributed by atoms with van der Waals surface area (Å²) in [5.41, 5.74) is 0. The van der Waals surface area contributed by atoms with Crippen molar-refractivity contribution in [3.63, 3.8) is 0 Å². The quantitative estimate of drug-likeness (QED) is 0.604. The first kappa shape index (κ1) is 8.04. The van der Waals surface area contributed by atoms with E-state index in [4.69, 9.17) is 5.11 Å². The molecule has 1 N–H and O–H groups in total. The molecule has 4 heteroatoms. The lowest BCUT2D eigenvalue weighted by Gasteiger charge is -2.12. The van der Waals surface area contributed by atoms with Gasteiger partial charge in [0.2, 0.25) is 0 Å². The van der Waals surface area contributed by atoms with Crippen molar-refractivity contribution in [1.82, 2.24) is 0 Å². The van der Waals surface area contributed by atoms with Crippen molar-refractivity contribution in [1.29, 1.82) is 0 Å². The molecule has 0 spiro atoms. The fourth-order valence-corrected chi connectivity index (χ4v) is 1.44. The highest BCUT2D eigenvalue weighted by Crippen LogP contribution is 2.27. The summed E-state index contributed by atoms with van der Waals surface area (Å²) in [6, 6.07) is 0. The maximum Gasteiger partial charge on any atom is 0.310 e. The number of carboxylic acids is 1. The lowest BCUT2D eigenvalue weighted by Crippen LogP contribution is -2.24. The molecule has 0 radical (unpaired) electrons. The average molecular weight is 158 g/mol. The van der Waals surface area contributed by atoms with Crippen molar-refractivity contribution in [2.24, 2.45) is 5.92 Å². The first-order chi connectivity index (χ1) is 5.25. The summed E-state index contributed by atoms with van der Waals surface area (Å²) in [6.07, 6.45) is 1.73. The highest BCUT2D eigenvalue weighted by molar-refractivity contribution is 5.71. The summed E-state index contributed by atoms with van der Waals surface area (Å²) in [4.78, 5) is 20.4. The van der Waals surface area contributed by atoms with Gasteiger partial charge in [-0.15, -0.1) is 0 Å². The standard InChI is InChI=1S/C7H10O4/c8-4-11-6-3-1-2-5(6)7(9)10/h4-6H,1-3H2,(H,9,10). The number of hydrogen-bond donors (Lipinski definition) is 1. The smallest absolute Gasteiger partial charge is 0.310 e. The number of ether oxygens (including phenoxy) is 1. The van der Waals surface area contributed by atoms with Crippen LogP contribution in [-0.2, 0) is 14.3 Å². The van der Waals surface area contributed by atoms with Gasteiger partial charge in [-0.3, -0.25) is 9.59 Å². The molecule has 2 unspecified atom stereocenters. The maximum absolute atomic E-state index is 10.5.